The van der Waals surface area contributed by atoms with E-state index in [0.29, 0.717) is 56.1 Å². The lowest BCUT2D eigenvalue weighted by atomic mass is 10.1. The smallest absolute Gasteiger partial charge is 0.425 e. The highest BCUT2D eigenvalue weighted by molar-refractivity contribution is 7.87. The number of hydrogen-bond acceptors (Lipinski definition) is 24. The van der Waals surface area contributed by atoms with Gasteiger partial charge in [0.2, 0.25) is 0 Å². The van der Waals surface area contributed by atoms with E-state index in [0.717, 1.165) is 6.07 Å². The maximum Gasteiger partial charge on any atom is 0.425 e. The number of aromatic hydroxyl groups is 1. The molecule has 5 N–H and O–H groups in total. The number of aliphatic hydroxyl groups excluding tert-OH is 1. The predicted octanol–water partition coefficient (Wildman–Crippen LogP) is 8.38. The number of fused-ring (bicyclic) bond motifs is 5. The molecular formula is C46H35N9O19S5. The minimum atomic E-state index is -4.93. The molecule has 0 radical (unpaired) electrons. The van der Waals surface area contributed by atoms with Gasteiger partial charge in [-0.3, -0.25) is 13.7 Å². The van der Waals surface area contributed by atoms with Gasteiger partial charge in [0.05, 0.1) is 48.5 Å². The molecular weight excluding hydrogens is 1140 g/mol. The van der Waals surface area contributed by atoms with E-state index in [2.05, 4.69) is 40.9 Å². The van der Waals surface area contributed by atoms with Gasteiger partial charge >= 0.3 is 21.2 Å². The van der Waals surface area contributed by atoms with E-state index in [1.54, 1.807) is 61.5 Å². The highest BCUT2D eigenvalue weighted by atomic mass is 32.2. The largest absolute Gasteiger partial charge is 0.505 e. The molecule has 0 aliphatic rings. The first kappa shape index (κ1) is 57.8. The van der Waals surface area contributed by atoms with Crippen LogP contribution in [0.15, 0.2) is 161 Å². The molecule has 0 fully saturated rings. The van der Waals surface area contributed by atoms with Gasteiger partial charge in [-0.1, -0.05) is 30.3 Å². The third-order valence-electron chi connectivity index (χ3n) is 11.1. The summed E-state index contributed by atoms with van der Waals surface area (Å²) in [6, 6.07) is 28.0. The summed E-state index contributed by atoms with van der Waals surface area (Å²) < 4.78 is 163. The molecule has 28 nitrogen and oxygen atoms in total. The molecule has 0 aliphatic heterocycles. The zero-order valence-corrected chi connectivity index (χ0v) is 44.3. The first-order chi connectivity index (χ1) is 37.2. The minimum absolute atomic E-state index is 0.0182. The van der Waals surface area contributed by atoms with Crippen molar-refractivity contribution in [2.45, 2.75) is 28.2 Å². The average Bonchev–Trinajstić information content (AvgIpc) is 3.94. The number of ether oxygens (including phenoxy) is 2. The van der Waals surface area contributed by atoms with Crippen LogP contribution in [0.4, 0.5) is 34.1 Å². The molecule has 0 saturated carbocycles. The molecule has 0 spiro atoms. The van der Waals surface area contributed by atoms with Gasteiger partial charge in [-0.25, -0.2) is 0 Å². The Kier molecular flexibility index (Phi) is 17.1. The van der Waals surface area contributed by atoms with Crippen LogP contribution >= 0.6 is 0 Å². The monoisotopic (exact) mass is 1180 g/mol. The highest BCUT2D eigenvalue weighted by Gasteiger charge is 2.23. The first-order valence-electron chi connectivity index (χ1n) is 21.5. The van der Waals surface area contributed by atoms with Crippen LogP contribution in [0.25, 0.3) is 49.0 Å². The lowest BCUT2D eigenvalue weighted by Gasteiger charge is -2.10. The summed E-state index contributed by atoms with van der Waals surface area (Å²) in [5, 5.41) is 58.2. The molecule has 79 heavy (non-hydrogen) atoms. The van der Waals surface area contributed by atoms with E-state index in [9.17, 15) is 49.1 Å². The minimum Gasteiger partial charge on any atom is -0.505 e. The number of benzene rings is 8. The summed E-state index contributed by atoms with van der Waals surface area (Å²) >= 11 is 0. The Hall–Kier alpha value is -8.93. The number of aromatic nitrogens is 3. The average molecular weight is 1180 g/mol. The molecule has 0 aliphatic carbocycles. The Morgan fingerprint density at radius 2 is 1.11 bits per heavy atom. The maximum absolute atomic E-state index is 12.2. The van der Waals surface area contributed by atoms with E-state index in [1.165, 1.54) is 67.5 Å². The summed E-state index contributed by atoms with van der Waals surface area (Å²) in [4.78, 5) is -0.565. The van der Waals surface area contributed by atoms with Crippen LogP contribution < -0.4 is 9.47 Å². The molecule has 33 heteroatoms. The summed E-state index contributed by atoms with van der Waals surface area (Å²) in [5.41, 5.74) is 3.18. The molecule has 0 saturated heterocycles. The second-order valence-corrected chi connectivity index (χ2v) is 21.0. The highest BCUT2D eigenvalue weighted by Crippen LogP contribution is 2.42. The van der Waals surface area contributed by atoms with Gasteiger partial charge < -0.3 is 19.7 Å². The molecule has 8 aromatic carbocycles. The second kappa shape index (κ2) is 23.4. The summed E-state index contributed by atoms with van der Waals surface area (Å²) in [6.45, 7) is 1.29. The Morgan fingerprint density at radius 3 is 1.73 bits per heavy atom. The molecule has 408 valence electrons. The van der Waals surface area contributed by atoms with Crippen molar-refractivity contribution < 1.29 is 83.9 Å². The van der Waals surface area contributed by atoms with Crippen LogP contribution in [-0.2, 0) is 58.2 Å². The molecule has 0 bridgehead atoms. The molecule has 0 atom stereocenters. The standard InChI is InChI=1S/C46H35N9O13S3.2O3S/c1-24-15-39(41(67-2)21-37(24)49-47-28-9-7-25-5-4-6-43(33(25)18-28)70(61,62)63)51-50-38-22-42(68-3)40(17-27(38)23-56)52-48-36-13-8-26-16-29(10-11-31(26)46(36)57)55-53-35-14-12-32-34(45(35)54-55)19-30(69(58,59)60)20-44(32)71(64,65)66;2*1-4(2)3/h4-22,56-57H,23H2,1-3H3,(H,58,59,60)(H,61,62,63)(H,64,65,66);;. The van der Waals surface area contributed by atoms with Gasteiger partial charge in [-0.2, -0.15) is 40.3 Å². The van der Waals surface area contributed by atoms with Crippen LogP contribution in [0.5, 0.6) is 17.2 Å². The number of hydrogen-bond donors (Lipinski definition) is 5. The number of rotatable bonds is 13. The van der Waals surface area contributed by atoms with Crippen molar-refractivity contribution >= 4 is 129 Å². The van der Waals surface area contributed by atoms with Crippen LogP contribution in [0.1, 0.15) is 11.1 Å². The maximum atomic E-state index is 12.2. The lowest BCUT2D eigenvalue weighted by Crippen LogP contribution is -2.04. The second-order valence-electron chi connectivity index (χ2n) is 16.0. The fourth-order valence-corrected chi connectivity index (χ4v) is 9.69. The zero-order chi connectivity index (χ0) is 57.7. The predicted molar refractivity (Wildman–Crippen MR) is 278 cm³/mol. The van der Waals surface area contributed by atoms with E-state index in [-0.39, 0.29) is 66.4 Å². The lowest BCUT2D eigenvalue weighted by molar-refractivity contribution is 0.282. The molecule has 1 aromatic heterocycles. The van der Waals surface area contributed by atoms with Crippen molar-refractivity contribution in [3.63, 3.8) is 0 Å². The van der Waals surface area contributed by atoms with Crippen molar-refractivity contribution in [3.8, 4) is 22.9 Å². The van der Waals surface area contributed by atoms with Crippen LogP contribution in [0.3, 0.4) is 0 Å². The van der Waals surface area contributed by atoms with Crippen molar-refractivity contribution in [2.24, 2.45) is 30.7 Å². The zero-order valence-electron chi connectivity index (χ0n) is 40.2. The molecule has 9 aromatic rings. The van der Waals surface area contributed by atoms with Crippen LogP contribution in [0.2, 0.25) is 0 Å². The van der Waals surface area contributed by atoms with Crippen molar-refractivity contribution in [3.05, 3.63) is 126 Å². The van der Waals surface area contributed by atoms with E-state index < -0.39 is 68.0 Å². The number of phenols is 1. The van der Waals surface area contributed by atoms with E-state index >= 15 is 0 Å². The topological polar surface area (TPSA) is 429 Å². The summed E-state index contributed by atoms with van der Waals surface area (Å²) in [7, 11) is -17.7. The molecule has 9 rings (SSSR count). The van der Waals surface area contributed by atoms with Gasteiger partial charge in [-0.15, -0.1) is 55.9 Å². The van der Waals surface area contributed by atoms with Crippen molar-refractivity contribution in [2.75, 3.05) is 14.2 Å². The number of methoxy groups -OCH3 is 2. The SMILES string of the molecule is COc1cc(N=Nc2ccc3cccc(S(=O)(=O)O)c3c2)c(C)cc1N=Nc1cc(OC)c(N=Nc2ccc3cc(-n4nc5ccc6c(S(=O)(=O)O)cc(S(=O)(=O)O)cc6c5n4)ccc3c2O)cc1CO.O=S(=O)=O.O=S(=O)=O. The van der Waals surface area contributed by atoms with Gasteiger partial charge in [0.1, 0.15) is 49.4 Å². The van der Waals surface area contributed by atoms with Gasteiger partial charge in [0.15, 0.2) is 5.75 Å². The summed E-state index contributed by atoms with van der Waals surface area (Å²) in [6.07, 6.45) is 0. The number of aryl methyl sites for hydroxylation is 1. The Balaban J connectivity index is 0.00000106. The molecule has 0 amide bonds. The Labute approximate surface area is 448 Å². The van der Waals surface area contributed by atoms with Crippen LogP contribution in [-0.4, -0.2) is 104 Å². The number of nitrogens with zero attached hydrogens (tertiary/aromatic N) is 9. The number of azo groups is 3. The molecule has 0 unspecified atom stereocenters. The third kappa shape index (κ3) is 13.4. The summed E-state index contributed by atoms with van der Waals surface area (Å²) in [5.74, 6) is 0.259. The Morgan fingerprint density at radius 1 is 0.532 bits per heavy atom. The van der Waals surface area contributed by atoms with Gasteiger partial charge in [-0.05, 0) is 96.1 Å². The van der Waals surface area contributed by atoms with Gasteiger partial charge in [0.25, 0.3) is 30.4 Å². The first-order valence-corrected chi connectivity index (χ1v) is 27.9. The van der Waals surface area contributed by atoms with E-state index in [4.69, 9.17) is 34.7 Å². The third-order valence-corrected chi connectivity index (χ3v) is 13.8. The fourth-order valence-electron chi connectivity index (χ4n) is 7.65. The Bertz CT molecular complexity index is 4620. The van der Waals surface area contributed by atoms with Crippen LogP contribution in [0, 0.1) is 6.92 Å². The number of aliphatic hydroxyl groups is 1. The molecule has 1 heterocycles. The quantitative estimate of drug-likeness (QED) is 0.0534. The van der Waals surface area contributed by atoms with E-state index in [1.807, 2.05) is 0 Å². The van der Waals surface area contributed by atoms with Gasteiger partial charge in [0, 0.05) is 39.2 Å². The fraction of sp³-hybridized carbons (Fsp3) is 0.0870. The number of phenolic OH excluding ortho intramolecular Hbond substituents is 1. The van der Waals surface area contributed by atoms with Crippen molar-refractivity contribution in [1.82, 2.24) is 15.0 Å². The van der Waals surface area contributed by atoms with Crippen molar-refractivity contribution in [1.29, 1.82) is 0 Å². The normalized spacial score (nSPS) is 12.0.